The van der Waals surface area contributed by atoms with E-state index >= 15 is 0 Å². The zero-order chi connectivity index (χ0) is 31.3. The molecule has 45 heavy (non-hydrogen) atoms. The van der Waals surface area contributed by atoms with E-state index in [9.17, 15) is 9.90 Å². The molecule has 7 nitrogen and oxygen atoms in total. The van der Waals surface area contributed by atoms with Crippen molar-refractivity contribution in [2.24, 2.45) is 10.2 Å². The van der Waals surface area contributed by atoms with Gasteiger partial charge in [-0.3, -0.25) is 4.79 Å². The maximum absolute atomic E-state index is 13.4. The average molecular weight is 592 g/mol. The number of rotatable bonds is 6. The highest BCUT2D eigenvalue weighted by atomic mass is 16.3. The summed E-state index contributed by atoms with van der Waals surface area (Å²) < 4.78 is 0. The topological polar surface area (TPSA) is 102 Å². The highest BCUT2D eigenvalue weighted by molar-refractivity contribution is 6.22. The Kier molecular flexibility index (Phi) is 8.24. The fourth-order valence-corrected chi connectivity index (χ4v) is 5.29. The summed E-state index contributed by atoms with van der Waals surface area (Å²) in [5.41, 5.74) is 6.44. The van der Waals surface area contributed by atoms with Crippen molar-refractivity contribution in [1.29, 1.82) is 0 Å². The van der Waals surface area contributed by atoms with Crippen LogP contribution in [0.4, 0.5) is 28.4 Å². The van der Waals surface area contributed by atoms with E-state index in [1.54, 1.807) is 18.2 Å². The Morgan fingerprint density at radius 2 is 1.38 bits per heavy atom. The van der Waals surface area contributed by atoms with Gasteiger partial charge in [-0.25, -0.2) is 0 Å². The van der Waals surface area contributed by atoms with Gasteiger partial charge < -0.3 is 20.7 Å². The fraction of sp³-hybridized carbons (Fsp3) is 0.0789. The average Bonchev–Trinajstić information content (AvgIpc) is 3.46. The molecule has 0 spiro atoms. The Bertz CT molecular complexity index is 2150. The van der Waals surface area contributed by atoms with Crippen molar-refractivity contribution < 1.29 is 9.90 Å². The fourth-order valence-electron chi connectivity index (χ4n) is 5.29. The highest BCUT2D eigenvalue weighted by Gasteiger charge is 2.21. The molecule has 0 radical (unpaired) electrons. The molecule has 0 aliphatic carbocycles. The van der Waals surface area contributed by atoms with Crippen LogP contribution in [0.25, 0.3) is 32.6 Å². The molecule has 1 heterocycles. The van der Waals surface area contributed by atoms with Crippen molar-refractivity contribution >= 4 is 66.9 Å². The number of amides is 1. The number of phenolic OH excluding ortho intramolecular Hbond substituents is 1. The van der Waals surface area contributed by atoms with Crippen molar-refractivity contribution in [1.82, 2.24) is 4.98 Å². The molecule has 0 aliphatic rings. The molecule has 0 aliphatic heterocycles. The molecule has 0 saturated heterocycles. The number of aromatic amines is 1. The zero-order valence-corrected chi connectivity index (χ0v) is 25.3. The first-order chi connectivity index (χ1) is 22.0. The van der Waals surface area contributed by atoms with Gasteiger partial charge in [0.1, 0.15) is 5.69 Å². The molecule has 7 rings (SSSR count). The van der Waals surface area contributed by atoms with Crippen LogP contribution in [-0.4, -0.2) is 16.0 Å². The lowest BCUT2D eigenvalue weighted by Crippen LogP contribution is -2.12. The Balaban J connectivity index is 0.00000175. The molecular weight excluding hydrogens is 558 g/mol. The number of nitrogens with one attached hydrogen (secondary N) is 3. The van der Waals surface area contributed by atoms with E-state index in [1.807, 2.05) is 98.8 Å². The molecule has 1 aromatic heterocycles. The zero-order valence-electron chi connectivity index (χ0n) is 25.3. The van der Waals surface area contributed by atoms with Crippen molar-refractivity contribution in [3.8, 4) is 5.75 Å². The second-order valence-corrected chi connectivity index (χ2v) is 10.4. The van der Waals surface area contributed by atoms with Crippen LogP contribution in [0.15, 0.2) is 132 Å². The van der Waals surface area contributed by atoms with Crippen molar-refractivity contribution in [2.45, 2.75) is 20.8 Å². The smallest absolute Gasteiger partial charge is 0.259 e. The van der Waals surface area contributed by atoms with E-state index < -0.39 is 5.91 Å². The molecule has 0 saturated carbocycles. The van der Waals surface area contributed by atoms with Crippen LogP contribution in [0.2, 0.25) is 0 Å². The molecule has 0 fully saturated rings. The monoisotopic (exact) mass is 591 g/mol. The van der Waals surface area contributed by atoms with Crippen LogP contribution in [0, 0.1) is 6.92 Å². The summed E-state index contributed by atoms with van der Waals surface area (Å²) in [6.45, 7) is 6.05. The number of para-hydroxylation sites is 2. The van der Waals surface area contributed by atoms with Gasteiger partial charge in [0.15, 0.2) is 5.75 Å². The minimum atomic E-state index is -0.440. The second-order valence-electron chi connectivity index (χ2n) is 10.4. The number of H-pyrrole nitrogens is 1. The largest absolute Gasteiger partial charge is 0.505 e. The number of aromatic nitrogens is 1. The highest BCUT2D eigenvalue weighted by Crippen LogP contribution is 2.44. The van der Waals surface area contributed by atoms with E-state index in [4.69, 9.17) is 0 Å². The molecule has 7 aromatic rings. The number of anilines is 3. The number of aromatic hydroxyl groups is 1. The lowest BCUT2D eigenvalue weighted by atomic mass is 10.00. The number of nitrogens with zero attached hydrogens (tertiary/aromatic N) is 2. The molecule has 0 unspecified atom stereocenters. The van der Waals surface area contributed by atoms with Crippen LogP contribution in [-0.2, 0) is 0 Å². The third-order valence-corrected chi connectivity index (χ3v) is 7.48. The Morgan fingerprint density at radius 3 is 2.11 bits per heavy atom. The summed E-state index contributed by atoms with van der Waals surface area (Å²) in [7, 11) is 0. The Morgan fingerprint density at radius 1 is 0.711 bits per heavy atom. The third kappa shape index (κ3) is 5.96. The van der Waals surface area contributed by atoms with E-state index in [0.717, 1.165) is 38.6 Å². The molecule has 0 bridgehead atoms. The first-order valence-electron chi connectivity index (χ1n) is 14.9. The third-order valence-electron chi connectivity index (χ3n) is 7.48. The van der Waals surface area contributed by atoms with Crippen molar-refractivity contribution in [3.05, 3.63) is 132 Å². The molecule has 0 atom stereocenters. The maximum Gasteiger partial charge on any atom is 0.259 e. The number of fused-ring (bicyclic) bond motifs is 5. The Labute approximate surface area is 261 Å². The van der Waals surface area contributed by atoms with Crippen LogP contribution >= 0.6 is 0 Å². The van der Waals surface area contributed by atoms with Crippen LogP contribution in [0.5, 0.6) is 5.75 Å². The van der Waals surface area contributed by atoms with Gasteiger partial charge in [-0.1, -0.05) is 80.1 Å². The summed E-state index contributed by atoms with van der Waals surface area (Å²) >= 11 is 0. The maximum atomic E-state index is 13.4. The van der Waals surface area contributed by atoms with Gasteiger partial charge in [0, 0.05) is 38.7 Å². The van der Waals surface area contributed by atoms with Crippen molar-refractivity contribution in [3.63, 3.8) is 0 Å². The van der Waals surface area contributed by atoms with E-state index in [-0.39, 0.29) is 17.0 Å². The molecule has 1 amide bonds. The summed E-state index contributed by atoms with van der Waals surface area (Å²) in [5, 5.41) is 30.3. The number of hydrogen-bond donors (Lipinski definition) is 4. The van der Waals surface area contributed by atoms with Gasteiger partial charge in [0.25, 0.3) is 5.91 Å². The predicted molar refractivity (Wildman–Crippen MR) is 186 cm³/mol. The quantitative estimate of drug-likeness (QED) is 0.145. The first kappa shape index (κ1) is 29.1. The van der Waals surface area contributed by atoms with Gasteiger partial charge in [-0.2, -0.15) is 5.11 Å². The number of azo groups is 1. The van der Waals surface area contributed by atoms with Gasteiger partial charge >= 0.3 is 0 Å². The van der Waals surface area contributed by atoms with Gasteiger partial charge in [-0.15, -0.1) is 5.11 Å². The minimum Gasteiger partial charge on any atom is -0.505 e. The van der Waals surface area contributed by atoms with Crippen LogP contribution in [0.3, 0.4) is 0 Å². The lowest BCUT2D eigenvalue weighted by molar-refractivity contribution is 0.102. The predicted octanol–water partition coefficient (Wildman–Crippen LogP) is 10.9. The summed E-state index contributed by atoms with van der Waals surface area (Å²) in [6, 6.07) is 38.5. The number of hydrogen-bond acceptors (Lipinski definition) is 5. The number of carbonyl (C=O) groups is 1. The summed E-state index contributed by atoms with van der Waals surface area (Å²) in [5.74, 6) is -0.682. The van der Waals surface area contributed by atoms with Crippen molar-refractivity contribution in [2.75, 3.05) is 10.6 Å². The van der Waals surface area contributed by atoms with Gasteiger partial charge in [0.2, 0.25) is 0 Å². The molecule has 222 valence electrons. The second kappa shape index (κ2) is 12.7. The Hall–Kier alpha value is -5.95. The minimum absolute atomic E-state index is 0.110. The summed E-state index contributed by atoms with van der Waals surface area (Å²) in [6.07, 6.45) is 0. The van der Waals surface area contributed by atoms with Gasteiger partial charge in [-0.05, 0) is 73.0 Å². The van der Waals surface area contributed by atoms with E-state index in [1.165, 1.54) is 5.56 Å². The van der Waals surface area contributed by atoms with Crippen LogP contribution in [0.1, 0.15) is 29.8 Å². The number of phenols is 1. The number of benzene rings is 6. The lowest BCUT2D eigenvalue weighted by Gasteiger charge is -2.12. The van der Waals surface area contributed by atoms with E-state index in [0.29, 0.717) is 16.8 Å². The SMILES string of the molecule is CC.Cc1ccc(Nc2ccc(N=Nc3c(O)c(C(=O)Nc4ccccc4)cc4ccc5c6ccccc6[nH]c5c34)cc2)cc1. The number of carbonyl (C=O) groups excluding carboxylic acids is 1. The van der Waals surface area contributed by atoms with Gasteiger partial charge in [0.05, 0.1) is 16.8 Å². The molecule has 4 N–H and O–H groups in total. The molecule has 7 heteroatoms. The first-order valence-corrected chi connectivity index (χ1v) is 14.9. The van der Waals surface area contributed by atoms with Crippen LogP contribution < -0.4 is 10.6 Å². The molecular formula is C38H33N5O2. The van der Waals surface area contributed by atoms with E-state index in [2.05, 4.69) is 51.0 Å². The number of aryl methyl sites for hydroxylation is 1. The standard InChI is InChI=1S/C36H27N5O2.C2H6/c1-22-11-14-25(15-12-22)37-26-16-18-27(19-17-26)40-41-34-32-23(13-20-29-28-9-5-6-10-31(28)39-33(29)32)21-30(35(34)42)36(43)38-24-7-3-2-4-8-24;1-2/h2-21,37,39,42H,1H3,(H,38,43);1-2H3. The normalized spacial score (nSPS) is 11.1. The molecule has 6 aromatic carbocycles. The summed E-state index contributed by atoms with van der Waals surface area (Å²) in [4.78, 5) is 16.8.